The highest BCUT2D eigenvalue weighted by molar-refractivity contribution is 5.42. The number of nitrogens with zero attached hydrogens (tertiary/aromatic N) is 3. The molecule has 0 spiro atoms. The zero-order chi connectivity index (χ0) is 9.97. The summed E-state index contributed by atoms with van der Waals surface area (Å²) in [6.45, 7) is 1.88. The molecule has 2 heterocycles. The Morgan fingerprint density at radius 2 is 2.43 bits per heavy atom. The second-order valence-electron chi connectivity index (χ2n) is 3.07. The molecule has 0 aliphatic rings. The molecular weight excluding hydrogens is 184 g/mol. The highest BCUT2D eigenvalue weighted by Crippen LogP contribution is 2.14. The molecule has 2 aromatic rings. The molecule has 14 heavy (non-hydrogen) atoms. The van der Waals surface area contributed by atoms with Crippen molar-refractivity contribution >= 4 is 0 Å². The fraction of sp³-hybridized carbons (Fsp3) is 0.375. The summed E-state index contributed by atoms with van der Waals surface area (Å²) in [4.78, 5) is 8.00. The summed E-state index contributed by atoms with van der Waals surface area (Å²) in [7, 11) is 0. The zero-order valence-corrected chi connectivity index (χ0v) is 7.67. The van der Waals surface area contributed by atoms with Crippen LogP contribution < -0.4 is 5.73 Å². The third-order valence-electron chi connectivity index (χ3n) is 1.62. The molecule has 2 N–H and O–H groups in total. The maximum absolute atomic E-state index is 5.60. The molecule has 1 atom stereocenters. The maximum atomic E-state index is 5.60. The number of aromatic nitrogens is 3. The third-order valence-corrected chi connectivity index (χ3v) is 1.62. The van der Waals surface area contributed by atoms with Gasteiger partial charge in [-0.25, -0.2) is 4.98 Å². The monoisotopic (exact) mass is 194 g/mol. The van der Waals surface area contributed by atoms with Gasteiger partial charge in [0.2, 0.25) is 0 Å². The molecule has 0 saturated carbocycles. The number of hydrogen-bond donors (Lipinski definition) is 1. The molecule has 2 aromatic heterocycles. The van der Waals surface area contributed by atoms with Crippen LogP contribution in [0.1, 0.15) is 12.7 Å². The van der Waals surface area contributed by atoms with Crippen molar-refractivity contribution in [2.24, 2.45) is 5.73 Å². The molecule has 74 valence electrons. The molecule has 6 heteroatoms. The van der Waals surface area contributed by atoms with Crippen LogP contribution in [0.5, 0.6) is 0 Å². The Kier molecular flexibility index (Phi) is 2.28. The van der Waals surface area contributed by atoms with Gasteiger partial charge in [0.15, 0.2) is 17.9 Å². The molecule has 0 bridgehead atoms. The van der Waals surface area contributed by atoms with E-state index in [0.29, 0.717) is 23.8 Å². The molecule has 0 fully saturated rings. The molecular formula is C8H10N4O2. The van der Waals surface area contributed by atoms with Gasteiger partial charge >= 0.3 is 0 Å². The zero-order valence-electron chi connectivity index (χ0n) is 7.67. The van der Waals surface area contributed by atoms with Crippen molar-refractivity contribution in [3.63, 3.8) is 0 Å². The van der Waals surface area contributed by atoms with Gasteiger partial charge in [0.05, 0.1) is 0 Å². The Hall–Kier alpha value is -1.69. The van der Waals surface area contributed by atoms with Gasteiger partial charge in [-0.05, 0) is 6.92 Å². The van der Waals surface area contributed by atoms with Gasteiger partial charge < -0.3 is 14.7 Å². The summed E-state index contributed by atoms with van der Waals surface area (Å²) in [5.74, 6) is 0.937. The number of oxazole rings is 1. The molecule has 0 saturated heterocycles. The molecule has 0 aromatic carbocycles. The smallest absolute Gasteiger partial charge is 0.279 e. The van der Waals surface area contributed by atoms with E-state index < -0.39 is 0 Å². The molecule has 0 amide bonds. The standard InChI is InChI=1S/C8H10N4O2/c1-5(9)2-7-11-8(14-12-7)6-3-13-4-10-6/h3-5H,2,9H2,1H3. The van der Waals surface area contributed by atoms with E-state index in [2.05, 4.69) is 15.1 Å². The van der Waals surface area contributed by atoms with Crippen molar-refractivity contribution in [3.8, 4) is 11.6 Å². The summed E-state index contributed by atoms with van der Waals surface area (Å²) in [6.07, 6.45) is 3.34. The number of rotatable bonds is 3. The fourth-order valence-electron chi connectivity index (χ4n) is 1.05. The molecule has 0 aliphatic heterocycles. The summed E-state index contributed by atoms with van der Waals surface area (Å²) in [5.41, 5.74) is 6.13. The minimum Gasteiger partial charge on any atom is -0.451 e. The van der Waals surface area contributed by atoms with Crippen LogP contribution in [-0.2, 0) is 6.42 Å². The molecule has 0 aliphatic carbocycles. The van der Waals surface area contributed by atoms with Crippen LogP contribution in [0.3, 0.4) is 0 Å². The van der Waals surface area contributed by atoms with Crippen molar-refractivity contribution in [2.45, 2.75) is 19.4 Å². The van der Waals surface area contributed by atoms with Crippen LogP contribution in [0.2, 0.25) is 0 Å². The molecule has 2 rings (SSSR count). The van der Waals surface area contributed by atoms with Crippen molar-refractivity contribution in [1.29, 1.82) is 0 Å². The fourth-order valence-corrected chi connectivity index (χ4v) is 1.05. The van der Waals surface area contributed by atoms with Crippen molar-refractivity contribution in [2.75, 3.05) is 0 Å². The quantitative estimate of drug-likeness (QED) is 0.769. The second kappa shape index (κ2) is 3.59. The van der Waals surface area contributed by atoms with Gasteiger partial charge in [-0.15, -0.1) is 0 Å². The lowest BCUT2D eigenvalue weighted by Crippen LogP contribution is -2.18. The van der Waals surface area contributed by atoms with Crippen LogP contribution in [0.4, 0.5) is 0 Å². The van der Waals surface area contributed by atoms with E-state index in [1.165, 1.54) is 12.7 Å². The Morgan fingerprint density at radius 1 is 1.57 bits per heavy atom. The average molecular weight is 194 g/mol. The Labute approximate surface area is 80.1 Å². The Bertz CT molecular complexity index is 393. The minimum atomic E-state index is 0.0118. The lowest BCUT2D eigenvalue weighted by Gasteiger charge is -1.96. The van der Waals surface area contributed by atoms with E-state index in [9.17, 15) is 0 Å². The molecule has 6 nitrogen and oxygen atoms in total. The van der Waals surface area contributed by atoms with Gasteiger partial charge in [0, 0.05) is 12.5 Å². The molecule has 0 radical (unpaired) electrons. The van der Waals surface area contributed by atoms with E-state index in [0.717, 1.165) is 0 Å². The van der Waals surface area contributed by atoms with Crippen LogP contribution >= 0.6 is 0 Å². The van der Waals surface area contributed by atoms with E-state index in [1.54, 1.807) is 0 Å². The first-order valence-corrected chi connectivity index (χ1v) is 4.22. The topological polar surface area (TPSA) is 91.0 Å². The number of nitrogens with two attached hydrogens (primary N) is 1. The lowest BCUT2D eigenvalue weighted by atomic mass is 10.2. The van der Waals surface area contributed by atoms with Crippen LogP contribution in [-0.4, -0.2) is 21.2 Å². The van der Waals surface area contributed by atoms with Gasteiger partial charge in [0.25, 0.3) is 5.89 Å². The lowest BCUT2D eigenvalue weighted by molar-refractivity contribution is 0.419. The first-order chi connectivity index (χ1) is 6.75. The van der Waals surface area contributed by atoms with Crippen LogP contribution in [0.25, 0.3) is 11.6 Å². The van der Waals surface area contributed by atoms with E-state index in [4.69, 9.17) is 14.7 Å². The third kappa shape index (κ3) is 1.80. The summed E-state index contributed by atoms with van der Waals surface area (Å²) < 4.78 is 9.77. The van der Waals surface area contributed by atoms with Gasteiger partial charge in [-0.3, -0.25) is 0 Å². The minimum absolute atomic E-state index is 0.0118. The highest BCUT2D eigenvalue weighted by Gasteiger charge is 2.11. The summed E-state index contributed by atoms with van der Waals surface area (Å²) in [6, 6.07) is 0.0118. The number of hydrogen-bond acceptors (Lipinski definition) is 6. The van der Waals surface area contributed by atoms with Crippen LogP contribution in [0.15, 0.2) is 21.6 Å². The predicted octanol–water partition coefficient (Wildman–Crippen LogP) is 0.614. The Balaban J connectivity index is 2.18. The summed E-state index contributed by atoms with van der Waals surface area (Å²) in [5, 5.41) is 3.76. The van der Waals surface area contributed by atoms with Gasteiger partial charge in [0.1, 0.15) is 6.26 Å². The SMILES string of the molecule is CC(N)Cc1noc(-c2cocn2)n1. The predicted molar refractivity (Wildman–Crippen MR) is 47.1 cm³/mol. The van der Waals surface area contributed by atoms with Gasteiger partial charge in [-0.2, -0.15) is 4.98 Å². The Morgan fingerprint density at radius 3 is 3.07 bits per heavy atom. The molecule has 1 unspecified atom stereocenters. The first kappa shape index (κ1) is 8.89. The van der Waals surface area contributed by atoms with E-state index >= 15 is 0 Å². The second-order valence-corrected chi connectivity index (χ2v) is 3.07. The van der Waals surface area contributed by atoms with E-state index in [1.807, 2.05) is 6.92 Å². The highest BCUT2D eigenvalue weighted by atomic mass is 16.5. The van der Waals surface area contributed by atoms with Gasteiger partial charge in [-0.1, -0.05) is 5.16 Å². The summed E-state index contributed by atoms with van der Waals surface area (Å²) >= 11 is 0. The first-order valence-electron chi connectivity index (χ1n) is 4.22. The largest absolute Gasteiger partial charge is 0.451 e. The van der Waals surface area contributed by atoms with E-state index in [-0.39, 0.29) is 6.04 Å². The maximum Gasteiger partial charge on any atom is 0.279 e. The van der Waals surface area contributed by atoms with Crippen molar-refractivity contribution in [3.05, 3.63) is 18.5 Å². The van der Waals surface area contributed by atoms with Crippen molar-refractivity contribution < 1.29 is 8.94 Å². The average Bonchev–Trinajstić information content (AvgIpc) is 2.69. The normalized spacial score (nSPS) is 13.0. The van der Waals surface area contributed by atoms with Crippen molar-refractivity contribution in [1.82, 2.24) is 15.1 Å². The van der Waals surface area contributed by atoms with Crippen LogP contribution in [0, 0.1) is 0 Å².